The number of amides is 1. The molecular formula is C20H21N3O3S. The number of thiazole rings is 1. The minimum absolute atomic E-state index is 0.0698. The molecule has 6 nitrogen and oxygen atoms in total. The highest BCUT2D eigenvalue weighted by Gasteiger charge is 2.22. The van der Waals surface area contributed by atoms with Gasteiger partial charge in [-0.1, -0.05) is 18.2 Å². The fraction of sp³-hybridized carbons (Fsp3) is 0.350. The maximum absolute atomic E-state index is 13.0. The highest BCUT2D eigenvalue weighted by atomic mass is 32.1. The number of rotatable bonds is 4. The third-order valence-electron chi connectivity index (χ3n) is 5.00. The molecule has 1 amide bonds. The van der Waals surface area contributed by atoms with Gasteiger partial charge in [0.15, 0.2) is 4.96 Å². The van der Waals surface area contributed by atoms with E-state index < -0.39 is 5.91 Å². The van der Waals surface area contributed by atoms with Crippen molar-refractivity contribution in [3.05, 3.63) is 62.5 Å². The lowest BCUT2D eigenvalue weighted by Crippen LogP contribution is -2.33. The molecule has 0 bridgehead atoms. The van der Waals surface area contributed by atoms with Gasteiger partial charge in [-0.2, -0.15) is 0 Å². The van der Waals surface area contributed by atoms with E-state index in [0.29, 0.717) is 10.7 Å². The van der Waals surface area contributed by atoms with Crippen LogP contribution in [0.1, 0.15) is 52.3 Å². The van der Waals surface area contributed by atoms with Crippen LogP contribution in [0.3, 0.4) is 0 Å². The van der Waals surface area contributed by atoms with Crippen LogP contribution in [0, 0.1) is 0 Å². The van der Waals surface area contributed by atoms with Crippen molar-refractivity contribution < 1.29 is 9.53 Å². The van der Waals surface area contributed by atoms with Gasteiger partial charge >= 0.3 is 0 Å². The van der Waals surface area contributed by atoms with E-state index in [4.69, 9.17) is 4.74 Å². The molecule has 3 aromatic rings. The summed E-state index contributed by atoms with van der Waals surface area (Å²) in [5.74, 6) is 0.276. The molecule has 140 valence electrons. The molecule has 1 atom stereocenters. The van der Waals surface area contributed by atoms with Gasteiger partial charge in [-0.15, -0.1) is 11.3 Å². The van der Waals surface area contributed by atoms with Crippen molar-refractivity contribution in [2.45, 2.75) is 38.6 Å². The van der Waals surface area contributed by atoms with E-state index in [-0.39, 0.29) is 17.2 Å². The summed E-state index contributed by atoms with van der Waals surface area (Å²) in [6.45, 7) is 1.87. The Morgan fingerprint density at radius 1 is 1.30 bits per heavy atom. The summed E-state index contributed by atoms with van der Waals surface area (Å²) in [5, 5.41) is 2.90. The van der Waals surface area contributed by atoms with Crippen molar-refractivity contribution in [3.8, 4) is 5.75 Å². The van der Waals surface area contributed by atoms with Crippen LogP contribution in [-0.4, -0.2) is 22.4 Å². The maximum Gasteiger partial charge on any atom is 0.271 e. The number of nitrogens with zero attached hydrogens (tertiary/aromatic N) is 2. The summed E-state index contributed by atoms with van der Waals surface area (Å²) >= 11 is 1.55. The second kappa shape index (κ2) is 7.15. The van der Waals surface area contributed by atoms with Crippen LogP contribution in [0.4, 0.5) is 0 Å². The predicted molar refractivity (Wildman–Crippen MR) is 105 cm³/mol. The lowest BCUT2D eigenvalue weighted by atomic mass is 10.0. The van der Waals surface area contributed by atoms with Crippen molar-refractivity contribution in [1.29, 1.82) is 0 Å². The molecule has 0 radical (unpaired) electrons. The van der Waals surface area contributed by atoms with E-state index in [0.717, 1.165) is 36.9 Å². The Morgan fingerprint density at radius 3 is 2.89 bits per heavy atom. The Hall–Kier alpha value is -2.67. The molecule has 1 N–H and O–H groups in total. The fourth-order valence-electron chi connectivity index (χ4n) is 3.60. The molecule has 1 aliphatic rings. The average molecular weight is 383 g/mol. The number of benzene rings is 1. The Bertz CT molecular complexity index is 1070. The molecule has 0 fully saturated rings. The zero-order valence-electron chi connectivity index (χ0n) is 15.3. The number of hydrogen-bond acceptors (Lipinski definition) is 5. The molecule has 0 unspecified atom stereocenters. The van der Waals surface area contributed by atoms with Gasteiger partial charge < -0.3 is 10.1 Å². The fourth-order valence-corrected chi connectivity index (χ4v) is 4.77. The Kier molecular flexibility index (Phi) is 4.70. The zero-order valence-corrected chi connectivity index (χ0v) is 16.1. The van der Waals surface area contributed by atoms with Gasteiger partial charge in [0.1, 0.15) is 11.3 Å². The summed E-state index contributed by atoms with van der Waals surface area (Å²) in [5.41, 5.74) is 1.66. The van der Waals surface area contributed by atoms with Crippen molar-refractivity contribution in [1.82, 2.24) is 14.7 Å². The van der Waals surface area contributed by atoms with E-state index in [9.17, 15) is 9.59 Å². The van der Waals surface area contributed by atoms with Gasteiger partial charge in [-0.05, 0) is 38.7 Å². The largest absolute Gasteiger partial charge is 0.496 e. The number of hydrogen-bond donors (Lipinski definition) is 1. The van der Waals surface area contributed by atoms with Crippen molar-refractivity contribution in [3.63, 3.8) is 0 Å². The molecule has 2 aromatic heterocycles. The first kappa shape index (κ1) is 17.7. The van der Waals surface area contributed by atoms with Crippen molar-refractivity contribution in [2.75, 3.05) is 7.11 Å². The lowest BCUT2D eigenvalue weighted by Gasteiger charge is -2.17. The van der Waals surface area contributed by atoms with E-state index >= 15 is 0 Å². The number of ether oxygens (including phenoxy) is 1. The van der Waals surface area contributed by atoms with Crippen LogP contribution in [0.5, 0.6) is 5.75 Å². The van der Waals surface area contributed by atoms with E-state index in [1.165, 1.54) is 11.1 Å². The number of aromatic nitrogens is 2. The van der Waals surface area contributed by atoms with Crippen LogP contribution in [0.25, 0.3) is 4.96 Å². The van der Waals surface area contributed by atoms with Gasteiger partial charge in [-0.3, -0.25) is 14.0 Å². The maximum atomic E-state index is 13.0. The molecule has 0 saturated carbocycles. The number of fused-ring (bicyclic) bond motifs is 3. The number of nitrogens with one attached hydrogen (secondary N) is 1. The monoisotopic (exact) mass is 383 g/mol. The molecule has 0 aliphatic heterocycles. The molecule has 7 heteroatoms. The number of para-hydroxylation sites is 1. The molecule has 1 aliphatic carbocycles. The first-order valence-electron chi connectivity index (χ1n) is 9.06. The normalized spacial score (nSPS) is 14.6. The van der Waals surface area contributed by atoms with E-state index in [1.54, 1.807) is 22.8 Å². The summed E-state index contributed by atoms with van der Waals surface area (Å²) in [7, 11) is 1.59. The molecule has 0 spiro atoms. The molecule has 2 heterocycles. The SMILES string of the molecule is COc1ccccc1[C@H](C)NC(=O)c1cnc2sc3c(n2c1=O)CCCC3. The molecule has 27 heavy (non-hydrogen) atoms. The highest BCUT2D eigenvalue weighted by Crippen LogP contribution is 2.28. The van der Waals surface area contributed by atoms with Gasteiger partial charge in [0, 0.05) is 22.3 Å². The highest BCUT2D eigenvalue weighted by molar-refractivity contribution is 7.17. The Morgan fingerprint density at radius 2 is 2.07 bits per heavy atom. The van der Waals surface area contributed by atoms with Crippen LogP contribution in [-0.2, 0) is 12.8 Å². The minimum Gasteiger partial charge on any atom is -0.496 e. The average Bonchev–Trinajstić information content (AvgIpc) is 3.07. The molecule has 0 saturated heterocycles. The van der Waals surface area contributed by atoms with Gasteiger partial charge in [0.25, 0.3) is 11.5 Å². The molecule has 4 rings (SSSR count). The summed E-state index contributed by atoms with van der Waals surface area (Å²) < 4.78 is 6.99. The third-order valence-corrected chi connectivity index (χ3v) is 6.16. The van der Waals surface area contributed by atoms with Gasteiger partial charge in [-0.25, -0.2) is 4.98 Å². The number of methoxy groups -OCH3 is 1. The van der Waals surface area contributed by atoms with Gasteiger partial charge in [0.2, 0.25) is 0 Å². The smallest absolute Gasteiger partial charge is 0.271 e. The summed E-state index contributed by atoms with van der Waals surface area (Å²) in [6.07, 6.45) is 5.43. The molecular weight excluding hydrogens is 362 g/mol. The van der Waals surface area contributed by atoms with E-state index in [1.807, 2.05) is 31.2 Å². The van der Waals surface area contributed by atoms with Crippen LogP contribution < -0.4 is 15.6 Å². The minimum atomic E-state index is -0.420. The number of carbonyl (C=O) groups excluding carboxylic acids is 1. The third kappa shape index (κ3) is 3.12. The first-order chi connectivity index (χ1) is 13.1. The van der Waals surface area contributed by atoms with E-state index in [2.05, 4.69) is 10.3 Å². The zero-order chi connectivity index (χ0) is 19.0. The second-order valence-corrected chi connectivity index (χ2v) is 7.77. The summed E-state index contributed by atoms with van der Waals surface area (Å²) in [6, 6.07) is 7.21. The number of carbonyl (C=O) groups is 1. The first-order valence-corrected chi connectivity index (χ1v) is 9.88. The molecule has 1 aromatic carbocycles. The quantitative estimate of drug-likeness (QED) is 0.751. The van der Waals surface area contributed by atoms with Crippen LogP contribution >= 0.6 is 11.3 Å². The standard InChI is InChI=1S/C20H21N3O3S/c1-12(13-7-3-5-9-16(13)26-2)22-18(24)14-11-21-20-23(19(14)25)15-8-4-6-10-17(15)27-20/h3,5,7,9,11-12H,4,6,8,10H2,1-2H3,(H,22,24)/t12-/m0/s1. The Labute approximate surface area is 160 Å². The van der Waals surface area contributed by atoms with Crippen LogP contribution in [0.2, 0.25) is 0 Å². The number of aryl methyl sites for hydroxylation is 2. The van der Waals surface area contributed by atoms with Crippen molar-refractivity contribution in [2.24, 2.45) is 0 Å². The van der Waals surface area contributed by atoms with Crippen LogP contribution in [0.15, 0.2) is 35.3 Å². The summed E-state index contributed by atoms with van der Waals surface area (Å²) in [4.78, 5) is 32.0. The topological polar surface area (TPSA) is 72.7 Å². The van der Waals surface area contributed by atoms with Gasteiger partial charge in [0.05, 0.1) is 13.2 Å². The predicted octanol–water partition coefficient (Wildman–Crippen LogP) is 3.13. The van der Waals surface area contributed by atoms with Crippen molar-refractivity contribution >= 4 is 22.2 Å². The Balaban J connectivity index is 1.67. The lowest BCUT2D eigenvalue weighted by molar-refractivity contribution is 0.0937. The second-order valence-electron chi connectivity index (χ2n) is 6.71.